The number of nitrogens with zero attached hydrogens (tertiary/aromatic N) is 2. The van der Waals surface area contributed by atoms with Crippen molar-refractivity contribution in [3.05, 3.63) is 0 Å². The molecule has 6 rings (SSSR count). The Bertz CT molecular complexity index is 770. The van der Waals surface area contributed by atoms with Crippen LogP contribution in [0.1, 0.15) is 84.5 Å². The van der Waals surface area contributed by atoms with E-state index in [-0.39, 0.29) is 51.6 Å². The predicted octanol–water partition coefficient (Wildman–Crippen LogP) is -1.80. The molecule has 6 aliphatic rings. The standard InChI is InChI=1S/C29H52N2O2.2BrH/c1-28-12-11-22-21(23(28)18-24(27(28)33)30(3)13-5-6-14-30)10-9-20-17-26(32)25(19-29(20,22)2)31(4)15-7-8-16-31;;/h20-27,32-33H,5-19H2,1-4H3;2*1H/q+2;;/p-2/t20-,21+,22-,23-,24?,25?,26-,27-,28-,29-;;/m0../s1. The van der Waals surface area contributed by atoms with Crippen LogP contribution in [0.2, 0.25) is 0 Å². The van der Waals surface area contributed by atoms with Crippen molar-refractivity contribution in [1.82, 2.24) is 0 Å². The minimum Gasteiger partial charge on any atom is -1.00 e. The molecule has 2 heterocycles. The topological polar surface area (TPSA) is 40.5 Å². The Hall–Kier alpha value is 0.800. The molecule has 4 nitrogen and oxygen atoms in total. The second kappa shape index (κ2) is 9.77. The molecule has 4 saturated carbocycles. The van der Waals surface area contributed by atoms with Gasteiger partial charge in [0, 0.05) is 43.9 Å². The lowest BCUT2D eigenvalue weighted by molar-refractivity contribution is -0.928. The Kier molecular flexibility index (Phi) is 8.04. The van der Waals surface area contributed by atoms with Crippen molar-refractivity contribution in [2.45, 2.75) is 109 Å². The third-order valence-electron chi connectivity index (χ3n) is 13.4. The predicted molar refractivity (Wildman–Crippen MR) is 132 cm³/mol. The molecule has 10 atom stereocenters. The van der Waals surface area contributed by atoms with Crippen LogP contribution in [0.5, 0.6) is 0 Å². The molecule has 0 aromatic heterocycles. The molecular formula is C29H52Br2N2O2. The maximum Gasteiger partial charge on any atom is 0.116 e. The molecule has 2 N–H and O–H groups in total. The van der Waals surface area contributed by atoms with Gasteiger partial charge in [-0.05, 0) is 61.2 Å². The van der Waals surface area contributed by atoms with Crippen LogP contribution in [0.4, 0.5) is 0 Å². The van der Waals surface area contributed by atoms with Gasteiger partial charge in [-0.1, -0.05) is 13.8 Å². The van der Waals surface area contributed by atoms with Crippen LogP contribution in [0.3, 0.4) is 0 Å². The van der Waals surface area contributed by atoms with Crippen LogP contribution >= 0.6 is 0 Å². The molecule has 4 aliphatic carbocycles. The molecule has 6 heteroatoms. The van der Waals surface area contributed by atoms with Crippen molar-refractivity contribution in [1.29, 1.82) is 0 Å². The molecule has 0 bridgehead atoms. The fourth-order valence-electron chi connectivity index (χ4n) is 11.3. The Labute approximate surface area is 235 Å². The SMILES string of the molecule is C[C@]12CC([N+]3(C)CCCC3)[C@@H](O)C[C@@H]1CC[C@@H]1[C@@H]2CC[C@]2(C)[C@@H](O)C([N+]3(C)CCCC3)C[C@@H]12.[Br-].[Br-]. The van der Waals surface area contributed by atoms with Gasteiger partial charge in [-0.3, -0.25) is 0 Å². The molecule has 2 aliphatic heterocycles. The highest BCUT2D eigenvalue weighted by molar-refractivity contribution is 5.12. The van der Waals surface area contributed by atoms with Gasteiger partial charge in [0.15, 0.2) is 0 Å². The first-order chi connectivity index (χ1) is 15.6. The first-order valence-corrected chi connectivity index (χ1v) is 14.7. The van der Waals surface area contributed by atoms with E-state index >= 15 is 0 Å². The number of halogens is 2. The van der Waals surface area contributed by atoms with Gasteiger partial charge in [0.2, 0.25) is 0 Å². The van der Waals surface area contributed by atoms with Gasteiger partial charge in [0.1, 0.15) is 24.3 Å². The van der Waals surface area contributed by atoms with E-state index < -0.39 is 0 Å². The van der Waals surface area contributed by atoms with Gasteiger partial charge in [0.25, 0.3) is 0 Å². The summed E-state index contributed by atoms with van der Waals surface area (Å²) in [6.07, 6.45) is 13.9. The lowest BCUT2D eigenvalue weighted by Gasteiger charge is -2.62. The number of likely N-dealkylation sites (N-methyl/N-ethyl adjacent to an activating group) is 2. The highest BCUT2D eigenvalue weighted by Gasteiger charge is 2.66. The summed E-state index contributed by atoms with van der Waals surface area (Å²) < 4.78 is 2.26. The molecule has 35 heavy (non-hydrogen) atoms. The largest absolute Gasteiger partial charge is 1.00 e. The van der Waals surface area contributed by atoms with Gasteiger partial charge in [-0.2, -0.15) is 0 Å². The number of rotatable bonds is 2. The summed E-state index contributed by atoms with van der Waals surface area (Å²) in [5.41, 5.74) is 0.507. The van der Waals surface area contributed by atoms with Gasteiger partial charge in [-0.25, -0.2) is 0 Å². The van der Waals surface area contributed by atoms with E-state index in [4.69, 9.17) is 0 Å². The number of likely N-dealkylation sites (tertiary alicyclic amines) is 2. The van der Waals surface area contributed by atoms with Crippen LogP contribution in [0.15, 0.2) is 0 Å². The van der Waals surface area contributed by atoms with Crippen LogP contribution in [0, 0.1) is 34.5 Å². The summed E-state index contributed by atoms with van der Waals surface area (Å²) in [6.45, 7) is 10.2. The first-order valence-electron chi connectivity index (χ1n) is 14.7. The summed E-state index contributed by atoms with van der Waals surface area (Å²) in [6, 6.07) is 0.901. The fourth-order valence-corrected chi connectivity index (χ4v) is 11.3. The molecule has 0 aromatic rings. The van der Waals surface area contributed by atoms with Crippen molar-refractivity contribution < 1.29 is 53.1 Å². The molecule has 6 fully saturated rings. The quantitative estimate of drug-likeness (QED) is 0.358. The van der Waals surface area contributed by atoms with E-state index in [1.165, 1.54) is 90.4 Å². The maximum atomic E-state index is 11.8. The molecule has 2 saturated heterocycles. The van der Waals surface area contributed by atoms with Gasteiger partial charge < -0.3 is 53.1 Å². The average molecular weight is 621 g/mol. The molecule has 0 aromatic carbocycles. The zero-order valence-corrected chi connectivity index (χ0v) is 25.9. The molecule has 204 valence electrons. The Morgan fingerprint density at radius 2 is 1.26 bits per heavy atom. The van der Waals surface area contributed by atoms with Gasteiger partial charge >= 0.3 is 0 Å². The number of aliphatic hydroxyl groups is 2. The normalized spacial score (nSPS) is 51.9. The van der Waals surface area contributed by atoms with Crippen LogP contribution in [-0.2, 0) is 0 Å². The zero-order chi connectivity index (χ0) is 23.2. The Balaban J connectivity index is 0.00000144. The molecule has 2 unspecified atom stereocenters. The fraction of sp³-hybridized carbons (Fsp3) is 1.00. The minimum atomic E-state index is -0.118. The number of fused-ring (bicyclic) bond motifs is 5. The monoisotopic (exact) mass is 618 g/mol. The minimum absolute atomic E-state index is 0. The summed E-state index contributed by atoms with van der Waals surface area (Å²) in [7, 11) is 4.89. The second-order valence-corrected chi connectivity index (χ2v) is 14.8. The van der Waals surface area contributed by atoms with E-state index in [1.807, 2.05) is 0 Å². The van der Waals surface area contributed by atoms with Crippen molar-refractivity contribution in [3.63, 3.8) is 0 Å². The smallest absolute Gasteiger partial charge is 0.116 e. The van der Waals surface area contributed by atoms with E-state index in [1.54, 1.807) is 0 Å². The van der Waals surface area contributed by atoms with E-state index in [9.17, 15) is 10.2 Å². The van der Waals surface area contributed by atoms with E-state index in [0.29, 0.717) is 29.3 Å². The number of hydrogen-bond acceptors (Lipinski definition) is 2. The second-order valence-electron chi connectivity index (χ2n) is 14.8. The maximum absolute atomic E-state index is 11.8. The highest BCUT2D eigenvalue weighted by Crippen LogP contribution is 2.67. The van der Waals surface area contributed by atoms with Crippen molar-refractivity contribution in [3.8, 4) is 0 Å². The summed E-state index contributed by atoms with van der Waals surface area (Å²) in [5.74, 6) is 2.99. The van der Waals surface area contributed by atoms with Gasteiger partial charge in [-0.15, -0.1) is 0 Å². The first kappa shape index (κ1) is 28.8. The molecule has 0 radical (unpaired) electrons. The van der Waals surface area contributed by atoms with Crippen molar-refractivity contribution >= 4 is 0 Å². The zero-order valence-electron chi connectivity index (χ0n) is 22.8. The molecular weight excluding hydrogens is 568 g/mol. The third-order valence-corrected chi connectivity index (χ3v) is 13.4. The van der Waals surface area contributed by atoms with Crippen molar-refractivity contribution in [2.75, 3.05) is 40.3 Å². The lowest BCUT2D eigenvalue weighted by Crippen LogP contribution is -3.00. The average Bonchev–Trinajstić information content (AvgIpc) is 3.48. The summed E-state index contributed by atoms with van der Waals surface area (Å²) in [4.78, 5) is 0. The van der Waals surface area contributed by atoms with E-state index in [2.05, 4.69) is 27.9 Å². The summed E-state index contributed by atoms with van der Waals surface area (Å²) >= 11 is 0. The number of quaternary nitrogens is 2. The van der Waals surface area contributed by atoms with Crippen LogP contribution in [-0.4, -0.2) is 83.7 Å². The Morgan fingerprint density at radius 3 is 1.86 bits per heavy atom. The van der Waals surface area contributed by atoms with Crippen LogP contribution < -0.4 is 34.0 Å². The van der Waals surface area contributed by atoms with E-state index in [0.717, 1.165) is 27.2 Å². The molecule has 0 amide bonds. The van der Waals surface area contributed by atoms with Gasteiger partial charge in [0.05, 0.1) is 40.3 Å². The lowest BCUT2D eigenvalue weighted by atomic mass is 9.44. The number of aliphatic hydroxyl groups excluding tert-OH is 2. The Morgan fingerprint density at radius 1 is 0.686 bits per heavy atom. The third kappa shape index (κ3) is 4.17. The summed E-state index contributed by atoms with van der Waals surface area (Å²) in [5, 5.41) is 23.1. The van der Waals surface area contributed by atoms with Crippen molar-refractivity contribution in [2.24, 2.45) is 34.5 Å². The molecule has 0 spiro atoms. The highest BCUT2D eigenvalue weighted by atomic mass is 79.9. The van der Waals surface area contributed by atoms with Crippen LogP contribution in [0.25, 0.3) is 0 Å². The number of hydrogen-bond donors (Lipinski definition) is 2.